The van der Waals surface area contributed by atoms with Crippen LogP contribution < -0.4 is 18.8 Å². The third-order valence-electron chi connectivity index (χ3n) is 6.18. The monoisotopic (exact) mass is 504 g/mol. The molecule has 2 heterocycles. The van der Waals surface area contributed by atoms with E-state index >= 15 is 0 Å². The third kappa shape index (κ3) is 5.35. The molecule has 0 saturated carbocycles. The number of carbonyl (C=O) groups is 2. The van der Waals surface area contributed by atoms with Crippen molar-refractivity contribution < 1.29 is 33.5 Å². The van der Waals surface area contributed by atoms with E-state index < -0.39 is 17.7 Å². The van der Waals surface area contributed by atoms with Gasteiger partial charge in [0.2, 0.25) is 6.33 Å². The van der Waals surface area contributed by atoms with Crippen molar-refractivity contribution in [3.63, 3.8) is 0 Å². The maximum Gasteiger partial charge on any atom is 0.295 e. The molecular weight excluding hydrogens is 474 g/mol. The molecule has 192 valence electrons. The average molecular weight is 505 g/mol. The van der Waals surface area contributed by atoms with Crippen LogP contribution in [0, 0.1) is 0 Å². The Bertz CT molecular complexity index is 1300. The number of aryl methyl sites for hydroxylation is 1. The van der Waals surface area contributed by atoms with Crippen molar-refractivity contribution in [2.45, 2.75) is 19.0 Å². The summed E-state index contributed by atoms with van der Waals surface area (Å²) in [5, 5.41) is 11.3. The lowest BCUT2D eigenvalue weighted by molar-refractivity contribution is -0.695. The highest BCUT2D eigenvalue weighted by Gasteiger charge is 2.46. The number of H-pyrrole nitrogens is 1. The summed E-state index contributed by atoms with van der Waals surface area (Å²) in [5.74, 6) is -0.0872. The van der Waals surface area contributed by atoms with Crippen LogP contribution in [-0.2, 0) is 16.1 Å². The van der Waals surface area contributed by atoms with Crippen molar-refractivity contribution >= 4 is 17.4 Å². The first-order valence-corrected chi connectivity index (χ1v) is 11.8. The molecule has 1 saturated heterocycles. The van der Waals surface area contributed by atoms with Crippen molar-refractivity contribution in [1.29, 1.82) is 0 Å². The second-order valence-corrected chi connectivity index (χ2v) is 8.43. The van der Waals surface area contributed by atoms with Gasteiger partial charge in [-0.2, -0.15) is 0 Å². The van der Waals surface area contributed by atoms with Crippen LogP contribution in [-0.4, -0.2) is 54.1 Å². The van der Waals surface area contributed by atoms with E-state index in [-0.39, 0.29) is 11.3 Å². The van der Waals surface area contributed by atoms with Crippen molar-refractivity contribution in [2.75, 3.05) is 27.4 Å². The maximum absolute atomic E-state index is 13.3. The Balaban J connectivity index is 1.74. The number of Topliss-reactive ketones (excluding diaryl/α,β-unsaturated/α-hetero) is 1. The van der Waals surface area contributed by atoms with Crippen molar-refractivity contribution in [3.05, 3.63) is 90.5 Å². The lowest BCUT2D eigenvalue weighted by Crippen LogP contribution is -2.36. The molecule has 1 fully saturated rings. The van der Waals surface area contributed by atoms with Gasteiger partial charge in [-0.1, -0.05) is 18.7 Å². The van der Waals surface area contributed by atoms with E-state index in [1.54, 1.807) is 48.5 Å². The number of carbonyl (C=O) groups excluding carboxylic acids is 2. The number of aliphatic hydroxyl groups excluding tert-OH is 1. The molecule has 3 aromatic rings. The molecule has 0 radical (unpaired) electrons. The molecule has 0 aliphatic carbocycles. The Hall–Kier alpha value is -4.53. The number of hydrogen-bond acceptors (Lipinski definition) is 6. The van der Waals surface area contributed by atoms with E-state index in [9.17, 15) is 14.7 Å². The Morgan fingerprint density at radius 1 is 1.14 bits per heavy atom. The summed E-state index contributed by atoms with van der Waals surface area (Å²) in [7, 11) is 3.05. The number of aromatic amines is 1. The van der Waals surface area contributed by atoms with Gasteiger partial charge >= 0.3 is 0 Å². The summed E-state index contributed by atoms with van der Waals surface area (Å²) in [6, 6.07) is 11.1. The number of rotatable bonds is 11. The highest BCUT2D eigenvalue weighted by molar-refractivity contribution is 6.46. The Kier molecular flexibility index (Phi) is 7.92. The number of ketones is 1. The number of methoxy groups -OCH3 is 2. The predicted molar refractivity (Wildman–Crippen MR) is 136 cm³/mol. The molecule has 0 spiro atoms. The largest absolute Gasteiger partial charge is 0.507 e. The summed E-state index contributed by atoms with van der Waals surface area (Å²) in [6.07, 6.45) is 7.76. The summed E-state index contributed by atoms with van der Waals surface area (Å²) in [5.41, 5.74) is 1.04. The molecular formula is C28H30N3O6+. The fourth-order valence-corrected chi connectivity index (χ4v) is 4.38. The highest BCUT2D eigenvalue weighted by Crippen LogP contribution is 2.42. The first kappa shape index (κ1) is 25.6. The number of likely N-dealkylation sites (tertiary alicyclic amines) is 1. The number of nitrogens with zero attached hydrogens (tertiary/aromatic N) is 2. The van der Waals surface area contributed by atoms with Gasteiger partial charge in [0.05, 0.1) is 32.4 Å². The Morgan fingerprint density at radius 3 is 2.54 bits per heavy atom. The average Bonchev–Trinajstić information content (AvgIpc) is 3.53. The van der Waals surface area contributed by atoms with Gasteiger partial charge in [-0.15, -0.1) is 0 Å². The molecule has 1 aliphatic rings. The second kappa shape index (κ2) is 11.5. The minimum absolute atomic E-state index is 0.0197. The van der Waals surface area contributed by atoms with Gasteiger partial charge in [-0.3, -0.25) is 14.6 Å². The number of aromatic nitrogens is 2. The molecule has 2 N–H and O–H groups in total. The molecule has 4 rings (SSSR count). The zero-order chi connectivity index (χ0) is 26.4. The van der Waals surface area contributed by atoms with Crippen LogP contribution in [0.4, 0.5) is 0 Å². The van der Waals surface area contributed by atoms with Crippen LogP contribution >= 0.6 is 0 Å². The number of imidazole rings is 1. The van der Waals surface area contributed by atoms with E-state index in [4.69, 9.17) is 14.2 Å². The van der Waals surface area contributed by atoms with Crippen LogP contribution in [0.25, 0.3) is 5.76 Å². The van der Waals surface area contributed by atoms with Crippen LogP contribution in [0.5, 0.6) is 17.2 Å². The minimum Gasteiger partial charge on any atom is -0.507 e. The van der Waals surface area contributed by atoms with Gasteiger partial charge in [-0.25, -0.2) is 4.57 Å². The van der Waals surface area contributed by atoms with Crippen molar-refractivity contribution in [2.24, 2.45) is 0 Å². The highest BCUT2D eigenvalue weighted by atomic mass is 16.5. The second-order valence-electron chi connectivity index (χ2n) is 8.43. The van der Waals surface area contributed by atoms with Gasteiger partial charge < -0.3 is 24.2 Å². The van der Waals surface area contributed by atoms with Gasteiger partial charge in [0, 0.05) is 18.5 Å². The molecule has 1 atom stereocenters. The number of benzene rings is 2. The summed E-state index contributed by atoms with van der Waals surface area (Å²) < 4.78 is 18.3. The third-order valence-corrected chi connectivity index (χ3v) is 6.18. The number of ether oxygens (including phenoxy) is 3. The summed E-state index contributed by atoms with van der Waals surface area (Å²) in [4.78, 5) is 31.0. The number of aliphatic hydroxyl groups is 1. The molecule has 37 heavy (non-hydrogen) atoms. The zero-order valence-corrected chi connectivity index (χ0v) is 20.8. The van der Waals surface area contributed by atoms with Crippen LogP contribution in [0.15, 0.2) is 79.4 Å². The first-order valence-electron chi connectivity index (χ1n) is 11.8. The van der Waals surface area contributed by atoms with E-state index in [0.29, 0.717) is 54.5 Å². The van der Waals surface area contributed by atoms with Gasteiger partial charge in [-0.05, 0) is 42.0 Å². The fraction of sp³-hybridized carbons (Fsp3) is 0.250. The predicted octanol–water partition coefficient (Wildman–Crippen LogP) is 3.40. The molecule has 2 aromatic carbocycles. The van der Waals surface area contributed by atoms with Gasteiger partial charge in [0.25, 0.3) is 11.7 Å². The quantitative estimate of drug-likeness (QED) is 0.136. The lowest BCUT2D eigenvalue weighted by Gasteiger charge is -2.25. The van der Waals surface area contributed by atoms with Gasteiger partial charge in [0.15, 0.2) is 11.5 Å². The molecule has 1 aromatic heterocycles. The molecule has 1 unspecified atom stereocenters. The molecule has 1 aliphatic heterocycles. The van der Waals surface area contributed by atoms with Gasteiger partial charge in [0.1, 0.15) is 30.5 Å². The SMILES string of the molecule is C=CCOc1ccc(C(O)=C2C(=O)C(=O)N(CCC[n+]3cc[nH]c3)C2c2ccc(OC)c(OC)c2)cc1. The Labute approximate surface area is 215 Å². The smallest absolute Gasteiger partial charge is 0.295 e. The number of hydrogen-bond donors (Lipinski definition) is 2. The molecule has 9 nitrogen and oxygen atoms in total. The van der Waals surface area contributed by atoms with Crippen molar-refractivity contribution in [3.8, 4) is 17.2 Å². The van der Waals surface area contributed by atoms with Crippen LogP contribution in [0.2, 0.25) is 0 Å². The van der Waals surface area contributed by atoms with Crippen LogP contribution in [0.1, 0.15) is 23.6 Å². The van der Waals surface area contributed by atoms with E-state index in [1.165, 1.54) is 19.1 Å². The van der Waals surface area contributed by atoms with E-state index in [2.05, 4.69) is 11.6 Å². The first-order chi connectivity index (χ1) is 18.0. The molecule has 0 bridgehead atoms. The normalized spacial score (nSPS) is 16.6. The van der Waals surface area contributed by atoms with E-state index in [0.717, 1.165) is 0 Å². The maximum atomic E-state index is 13.3. The summed E-state index contributed by atoms with van der Waals surface area (Å²) in [6.45, 7) is 4.93. The van der Waals surface area contributed by atoms with Crippen molar-refractivity contribution in [1.82, 2.24) is 9.88 Å². The topological polar surface area (TPSA) is 105 Å². The lowest BCUT2D eigenvalue weighted by atomic mass is 9.95. The fourth-order valence-electron chi connectivity index (χ4n) is 4.38. The van der Waals surface area contributed by atoms with Crippen LogP contribution in [0.3, 0.4) is 0 Å². The minimum atomic E-state index is -0.798. The zero-order valence-electron chi connectivity index (χ0n) is 20.8. The standard InChI is InChI=1S/C28H29N3O6/c1-4-16-37-21-9-6-19(7-10-21)26(32)24-25(20-8-11-22(35-2)23(17-20)36-3)31(28(34)27(24)33)14-5-13-30-15-12-29-18-30/h4,6-12,15,17-18,25H,1,5,13-14,16H2,2-3H3,(H,32,33)/p+1. The molecule has 1 amide bonds. The number of nitrogens with one attached hydrogen (secondary N) is 1. The molecule has 9 heteroatoms. The Morgan fingerprint density at radius 2 is 1.89 bits per heavy atom. The number of amides is 1. The van der Waals surface area contributed by atoms with E-state index in [1.807, 2.05) is 23.3 Å². The summed E-state index contributed by atoms with van der Waals surface area (Å²) >= 11 is 0.